The summed E-state index contributed by atoms with van der Waals surface area (Å²) in [7, 11) is 4.55. The summed E-state index contributed by atoms with van der Waals surface area (Å²) in [6.45, 7) is 0. The normalized spacial score (nSPS) is 10.4. The zero-order valence-corrected chi connectivity index (χ0v) is 10.7. The van der Waals surface area contributed by atoms with E-state index in [1.54, 1.807) is 7.05 Å². The summed E-state index contributed by atoms with van der Waals surface area (Å²) in [5.74, 6) is 0.193. The van der Waals surface area contributed by atoms with Gasteiger partial charge in [0.1, 0.15) is 0 Å². The SMILES string of the molecule is CNC(=O)CSP(=S)(OC)OC.[H-].[Li+]. The Balaban J connectivity index is -0.000000605. The topological polar surface area (TPSA) is 47.6 Å². The molecule has 0 bridgehead atoms. The monoisotopic (exact) mass is 237 g/mol. The maximum Gasteiger partial charge on any atom is 1.00 e. The predicted molar refractivity (Wildman–Crippen MR) is 55.9 cm³/mol. The third-order valence-electron chi connectivity index (χ3n) is 1.08. The first-order valence-electron chi connectivity index (χ1n) is 3.14. The van der Waals surface area contributed by atoms with Crippen LogP contribution in [0.1, 0.15) is 1.43 Å². The van der Waals surface area contributed by atoms with E-state index in [-0.39, 0.29) is 31.9 Å². The first-order valence-corrected chi connectivity index (χ1v) is 7.37. The summed E-state index contributed by atoms with van der Waals surface area (Å²) in [4.78, 5) is 10.8. The number of hydrogen-bond donors (Lipinski definition) is 1. The third kappa shape index (κ3) is 6.98. The van der Waals surface area contributed by atoms with Gasteiger partial charge in [0.2, 0.25) is 11.6 Å². The first-order chi connectivity index (χ1) is 5.58. The number of amides is 1. The van der Waals surface area contributed by atoms with Crippen LogP contribution in [0.4, 0.5) is 0 Å². The molecule has 0 spiro atoms. The van der Waals surface area contributed by atoms with Crippen molar-refractivity contribution in [2.24, 2.45) is 0 Å². The van der Waals surface area contributed by atoms with E-state index in [4.69, 9.17) is 20.9 Å². The Morgan fingerprint density at radius 1 is 1.62 bits per heavy atom. The van der Waals surface area contributed by atoms with Crippen molar-refractivity contribution < 1.29 is 34.1 Å². The molecule has 0 aliphatic heterocycles. The minimum Gasteiger partial charge on any atom is -1.00 e. The van der Waals surface area contributed by atoms with Gasteiger partial charge in [-0.3, -0.25) is 4.79 Å². The van der Waals surface area contributed by atoms with Gasteiger partial charge >= 0.3 is 18.9 Å². The second kappa shape index (κ2) is 8.31. The van der Waals surface area contributed by atoms with Crippen LogP contribution in [0.3, 0.4) is 0 Å². The number of rotatable bonds is 5. The van der Waals surface area contributed by atoms with E-state index in [1.165, 1.54) is 25.6 Å². The van der Waals surface area contributed by atoms with Crippen molar-refractivity contribution >= 4 is 34.8 Å². The molecule has 0 unspecified atom stereocenters. The smallest absolute Gasteiger partial charge is 1.00 e. The molecule has 0 aliphatic rings. The van der Waals surface area contributed by atoms with E-state index in [0.29, 0.717) is 0 Å². The zero-order valence-electron chi connectivity index (χ0n) is 9.20. The minimum absolute atomic E-state index is 0. The molecular formula is C5H13LiNO3PS2. The van der Waals surface area contributed by atoms with Crippen molar-refractivity contribution in [2.75, 3.05) is 27.0 Å². The molecule has 0 aromatic carbocycles. The van der Waals surface area contributed by atoms with Crippen molar-refractivity contribution in [3.63, 3.8) is 0 Å². The third-order valence-corrected chi connectivity index (χ3v) is 6.76. The van der Waals surface area contributed by atoms with Crippen molar-refractivity contribution in [2.45, 2.75) is 0 Å². The number of carbonyl (C=O) groups is 1. The van der Waals surface area contributed by atoms with Crippen molar-refractivity contribution in [3.8, 4) is 0 Å². The Labute approximate surface area is 101 Å². The van der Waals surface area contributed by atoms with E-state index in [0.717, 1.165) is 0 Å². The summed E-state index contributed by atoms with van der Waals surface area (Å²) in [5.41, 5.74) is -2.26. The molecule has 0 aliphatic carbocycles. The van der Waals surface area contributed by atoms with Gasteiger partial charge in [0.25, 0.3) is 0 Å². The maximum absolute atomic E-state index is 10.8. The second-order valence-corrected chi connectivity index (χ2v) is 8.28. The van der Waals surface area contributed by atoms with Gasteiger partial charge in [-0.15, -0.1) is 0 Å². The Hall–Kier alpha value is 0.987. The molecular weight excluding hydrogens is 224 g/mol. The number of hydrogen-bond acceptors (Lipinski definition) is 5. The molecule has 1 N–H and O–H groups in total. The van der Waals surface area contributed by atoms with Gasteiger partial charge in [-0.05, 0) is 11.8 Å². The van der Waals surface area contributed by atoms with Crippen LogP contribution in [0.15, 0.2) is 0 Å². The largest absolute Gasteiger partial charge is 1.00 e. The van der Waals surface area contributed by atoms with Crippen LogP contribution in [0, 0.1) is 0 Å². The predicted octanol–water partition coefficient (Wildman–Crippen LogP) is -1.90. The van der Waals surface area contributed by atoms with Crippen LogP contribution in [-0.4, -0.2) is 32.9 Å². The maximum atomic E-state index is 10.8. The van der Waals surface area contributed by atoms with Gasteiger partial charge < -0.3 is 15.8 Å². The van der Waals surface area contributed by atoms with Crippen molar-refractivity contribution in [1.82, 2.24) is 5.32 Å². The molecule has 0 fully saturated rings. The molecule has 8 heteroatoms. The molecule has 0 saturated heterocycles. The van der Waals surface area contributed by atoms with E-state index in [1.807, 2.05) is 0 Å². The standard InChI is InChI=1S/C5H12NO3PS2.Li.H/c1-6-5(7)4-12-10(11,8-2)9-3;;/h4H2,1-3H3,(H,6,7);;/q;+1;-1. The first kappa shape index (κ1) is 16.4. The molecule has 1 amide bonds. The quantitative estimate of drug-likeness (QED) is 0.447. The molecule has 0 heterocycles. The Kier molecular flexibility index (Phi) is 10.5. The molecule has 13 heavy (non-hydrogen) atoms. The average Bonchev–Trinajstić information content (AvgIpc) is 2.13. The number of nitrogens with one attached hydrogen (secondary N) is 1. The van der Waals surface area contributed by atoms with Crippen LogP contribution < -0.4 is 24.2 Å². The van der Waals surface area contributed by atoms with E-state index in [9.17, 15) is 4.79 Å². The van der Waals surface area contributed by atoms with E-state index in [2.05, 4.69) is 5.32 Å². The van der Waals surface area contributed by atoms with Gasteiger partial charge in [-0.1, -0.05) is 11.4 Å². The second-order valence-electron chi connectivity index (χ2n) is 1.76. The average molecular weight is 237 g/mol. The van der Waals surface area contributed by atoms with Gasteiger partial charge in [-0.25, -0.2) is 0 Å². The van der Waals surface area contributed by atoms with E-state index < -0.39 is 5.69 Å². The Morgan fingerprint density at radius 2 is 2.08 bits per heavy atom. The van der Waals surface area contributed by atoms with Crippen LogP contribution in [0.5, 0.6) is 0 Å². The summed E-state index contributed by atoms with van der Waals surface area (Å²) < 4.78 is 9.94. The molecule has 0 aromatic heterocycles. The summed E-state index contributed by atoms with van der Waals surface area (Å²) >= 11 is 6.25. The Morgan fingerprint density at radius 3 is 2.38 bits per heavy atom. The van der Waals surface area contributed by atoms with Crippen molar-refractivity contribution in [1.29, 1.82) is 0 Å². The van der Waals surface area contributed by atoms with Gasteiger partial charge in [0.15, 0.2) is 0 Å². The van der Waals surface area contributed by atoms with Gasteiger partial charge in [-0.2, -0.15) is 0 Å². The van der Waals surface area contributed by atoms with Crippen molar-refractivity contribution in [3.05, 3.63) is 0 Å². The fourth-order valence-electron chi connectivity index (χ4n) is 0.390. The molecule has 0 radical (unpaired) electrons. The summed E-state index contributed by atoms with van der Waals surface area (Å²) in [6.07, 6.45) is 0. The van der Waals surface area contributed by atoms with Crippen LogP contribution in [0.25, 0.3) is 0 Å². The Bertz CT molecular complexity index is 201. The molecule has 0 saturated carbocycles. The van der Waals surface area contributed by atoms with Gasteiger partial charge in [0, 0.05) is 21.3 Å². The summed E-state index contributed by atoms with van der Waals surface area (Å²) in [5, 5.41) is 2.49. The summed E-state index contributed by atoms with van der Waals surface area (Å²) in [6, 6.07) is 0. The van der Waals surface area contributed by atoms with E-state index >= 15 is 0 Å². The molecule has 0 rings (SSSR count). The molecule has 4 nitrogen and oxygen atoms in total. The molecule has 74 valence electrons. The number of carbonyl (C=O) groups excluding carboxylic acids is 1. The van der Waals surface area contributed by atoms with Crippen LogP contribution >= 0.6 is 17.1 Å². The minimum atomic E-state index is -2.26. The van der Waals surface area contributed by atoms with Crippen LogP contribution in [-0.2, 0) is 25.6 Å². The zero-order chi connectivity index (χ0) is 9.61. The molecule has 0 atom stereocenters. The molecule has 0 aromatic rings. The van der Waals surface area contributed by atoms with Crippen LogP contribution in [0.2, 0.25) is 0 Å². The van der Waals surface area contributed by atoms with Gasteiger partial charge in [0.05, 0.1) is 5.75 Å². The fraction of sp³-hybridized carbons (Fsp3) is 0.800. The fourth-order valence-corrected chi connectivity index (χ4v) is 3.10.